The van der Waals surface area contributed by atoms with Crippen molar-refractivity contribution in [2.45, 2.75) is 13.0 Å². The number of nitrogens with one attached hydrogen (secondary N) is 2. The molecule has 1 aromatic carbocycles. The predicted molar refractivity (Wildman–Crippen MR) is 69.7 cm³/mol. The van der Waals surface area contributed by atoms with Crippen molar-refractivity contribution in [3.8, 4) is 11.5 Å². The quantitative estimate of drug-likeness (QED) is 0.873. The van der Waals surface area contributed by atoms with Gasteiger partial charge in [-0.05, 0) is 25.1 Å². The van der Waals surface area contributed by atoms with Crippen LogP contribution in [0.2, 0.25) is 0 Å². The number of aromatic nitrogens is 3. The summed E-state index contributed by atoms with van der Waals surface area (Å²) in [5.74, 6) is 1.66. The van der Waals surface area contributed by atoms with E-state index in [1.165, 1.54) is 6.33 Å². The Labute approximate surface area is 115 Å². The molecule has 7 heteroatoms. The van der Waals surface area contributed by atoms with Crippen LogP contribution in [0.15, 0.2) is 24.5 Å². The van der Waals surface area contributed by atoms with E-state index in [0.717, 1.165) is 0 Å². The smallest absolute Gasteiger partial charge is 0.252 e. The maximum atomic E-state index is 12.2. The van der Waals surface area contributed by atoms with Crippen molar-refractivity contribution in [3.63, 3.8) is 0 Å². The van der Waals surface area contributed by atoms with Gasteiger partial charge in [0.05, 0.1) is 6.04 Å². The molecule has 2 heterocycles. The molecule has 0 bridgehead atoms. The Hall–Kier alpha value is -2.57. The summed E-state index contributed by atoms with van der Waals surface area (Å²) < 4.78 is 10.9. The van der Waals surface area contributed by atoms with Crippen LogP contribution < -0.4 is 14.8 Å². The van der Waals surface area contributed by atoms with E-state index in [4.69, 9.17) is 9.47 Å². The van der Waals surface area contributed by atoms with Crippen molar-refractivity contribution in [1.82, 2.24) is 20.5 Å². The minimum absolute atomic E-state index is 0.203. The van der Waals surface area contributed by atoms with Crippen LogP contribution in [0.3, 0.4) is 0 Å². The van der Waals surface area contributed by atoms with Crippen LogP contribution in [-0.2, 0) is 0 Å². The number of hydrogen-bond acceptors (Lipinski definition) is 5. The summed E-state index contributed by atoms with van der Waals surface area (Å²) in [6.07, 6.45) is 1.40. The molecule has 2 aromatic rings. The van der Waals surface area contributed by atoms with Crippen LogP contribution in [0.25, 0.3) is 0 Å². The largest absolute Gasteiger partial charge is 0.486 e. The normalized spacial score (nSPS) is 14.7. The zero-order valence-corrected chi connectivity index (χ0v) is 10.9. The predicted octanol–water partition coefficient (Wildman–Crippen LogP) is 1.07. The second-order valence-corrected chi connectivity index (χ2v) is 4.42. The van der Waals surface area contributed by atoms with E-state index in [-0.39, 0.29) is 11.9 Å². The molecule has 0 saturated heterocycles. The standard InChI is InChI=1S/C13H14N4O3/c1-8(12-14-7-15-17-12)16-13(18)9-2-3-10-11(6-9)20-5-4-19-10/h2-3,6-8H,4-5H2,1H3,(H,16,18)(H,14,15,17). The van der Waals surface area contributed by atoms with Crippen LogP contribution >= 0.6 is 0 Å². The summed E-state index contributed by atoms with van der Waals surface area (Å²) >= 11 is 0. The van der Waals surface area contributed by atoms with Crippen LogP contribution in [-0.4, -0.2) is 34.3 Å². The zero-order chi connectivity index (χ0) is 13.9. The van der Waals surface area contributed by atoms with Gasteiger partial charge >= 0.3 is 0 Å². The number of benzene rings is 1. The molecule has 0 spiro atoms. The minimum atomic E-state index is -0.252. The van der Waals surface area contributed by atoms with Gasteiger partial charge in [0.25, 0.3) is 5.91 Å². The Kier molecular flexibility index (Phi) is 3.24. The van der Waals surface area contributed by atoms with E-state index >= 15 is 0 Å². The topological polar surface area (TPSA) is 89.1 Å². The third-order valence-electron chi connectivity index (χ3n) is 3.00. The highest BCUT2D eigenvalue weighted by molar-refractivity contribution is 5.95. The SMILES string of the molecule is CC(NC(=O)c1ccc2c(c1)OCCO2)c1ncn[nH]1. The van der Waals surface area contributed by atoms with Crippen LogP contribution in [0.4, 0.5) is 0 Å². The molecule has 1 aliphatic rings. The van der Waals surface area contributed by atoms with E-state index in [0.29, 0.717) is 36.1 Å². The third kappa shape index (κ3) is 2.42. The van der Waals surface area contributed by atoms with Gasteiger partial charge in [-0.2, -0.15) is 5.10 Å². The van der Waals surface area contributed by atoms with Crippen LogP contribution in [0.1, 0.15) is 29.1 Å². The Morgan fingerprint density at radius 3 is 2.90 bits per heavy atom. The third-order valence-corrected chi connectivity index (χ3v) is 3.00. The van der Waals surface area contributed by atoms with Gasteiger partial charge < -0.3 is 14.8 Å². The molecule has 0 saturated carbocycles. The van der Waals surface area contributed by atoms with Gasteiger partial charge in [0, 0.05) is 5.56 Å². The summed E-state index contributed by atoms with van der Waals surface area (Å²) in [6, 6.07) is 4.87. The summed E-state index contributed by atoms with van der Waals surface area (Å²) in [7, 11) is 0. The van der Waals surface area contributed by atoms with Crippen molar-refractivity contribution in [2.75, 3.05) is 13.2 Å². The average molecular weight is 274 g/mol. The number of amides is 1. The second-order valence-electron chi connectivity index (χ2n) is 4.42. The lowest BCUT2D eigenvalue weighted by Gasteiger charge is -2.19. The van der Waals surface area contributed by atoms with E-state index in [9.17, 15) is 4.79 Å². The lowest BCUT2D eigenvalue weighted by molar-refractivity contribution is 0.0937. The number of carbonyl (C=O) groups is 1. The molecule has 1 aliphatic heterocycles. The first-order valence-electron chi connectivity index (χ1n) is 6.30. The molecule has 1 amide bonds. The number of H-pyrrole nitrogens is 1. The lowest BCUT2D eigenvalue weighted by Crippen LogP contribution is -2.27. The average Bonchev–Trinajstić information content (AvgIpc) is 3.01. The van der Waals surface area contributed by atoms with Gasteiger partial charge in [-0.1, -0.05) is 0 Å². The fourth-order valence-electron chi connectivity index (χ4n) is 1.96. The van der Waals surface area contributed by atoms with Gasteiger partial charge in [0.1, 0.15) is 25.4 Å². The summed E-state index contributed by atoms with van der Waals surface area (Å²) in [5, 5.41) is 9.32. The second kappa shape index (κ2) is 5.20. The van der Waals surface area contributed by atoms with Crippen LogP contribution in [0, 0.1) is 0 Å². The molecule has 2 N–H and O–H groups in total. The Morgan fingerprint density at radius 1 is 1.35 bits per heavy atom. The highest BCUT2D eigenvalue weighted by Crippen LogP contribution is 2.30. The Balaban J connectivity index is 1.74. The van der Waals surface area contributed by atoms with Crippen molar-refractivity contribution in [2.24, 2.45) is 0 Å². The lowest BCUT2D eigenvalue weighted by atomic mass is 10.1. The number of hydrogen-bond donors (Lipinski definition) is 2. The van der Waals surface area contributed by atoms with E-state index in [1.807, 2.05) is 6.92 Å². The monoisotopic (exact) mass is 274 g/mol. The first-order chi connectivity index (χ1) is 9.74. The molecule has 1 atom stereocenters. The minimum Gasteiger partial charge on any atom is -0.486 e. The number of fused-ring (bicyclic) bond motifs is 1. The van der Waals surface area contributed by atoms with Crippen molar-refractivity contribution in [1.29, 1.82) is 0 Å². The summed E-state index contributed by atoms with van der Waals surface area (Å²) in [4.78, 5) is 16.2. The number of aromatic amines is 1. The van der Waals surface area contributed by atoms with E-state index in [1.54, 1.807) is 18.2 Å². The van der Waals surface area contributed by atoms with Crippen molar-refractivity contribution < 1.29 is 14.3 Å². The number of carbonyl (C=O) groups excluding carboxylic acids is 1. The molecule has 0 aliphatic carbocycles. The molecule has 0 radical (unpaired) electrons. The maximum Gasteiger partial charge on any atom is 0.252 e. The molecule has 1 aromatic heterocycles. The molecule has 0 fully saturated rings. The molecule has 7 nitrogen and oxygen atoms in total. The molecular weight excluding hydrogens is 260 g/mol. The van der Waals surface area contributed by atoms with Crippen molar-refractivity contribution in [3.05, 3.63) is 35.9 Å². The van der Waals surface area contributed by atoms with Crippen LogP contribution in [0.5, 0.6) is 11.5 Å². The molecular formula is C13H14N4O3. The number of ether oxygens (including phenoxy) is 2. The number of nitrogens with zero attached hydrogens (tertiary/aromatic N) is 2. The van der Waals surface area contributed by atoms with Gasteiger partial charge in [0.15, 0.2) is 11.5 Å². The van der Waals surface area contributed by atoms with Crippen molar-refractivity contribution >= 4 is 5.91 Å². The molecule has 1 unspecified atom stereocenters. The Morgan fingerprint density at radius 2 is 2.15 bits per heavy atom. The fourth-order valence-corrected chi connectivity index (χ4v) is 1.96. The fraction of sp³-hybridized carbons (Fsp3) is 0.308. The molecule has 20 heavy (non-hydrogen) atoms. The highest BCUT2D eigenvalue weighted by Gasteiger charge is 2.17. The number of rotatable bonds is 3. The van der Waals surface area contributed by atoms with Gasteiger partial charge in [-0.15, -0.1) is 0 Å². The first kappa shape index (κ1) is 12.5. The first-order valence-corrected chi connectivity index (χ1v) is 6.30. The van der Waals surface area contributed by atoms with E-state index in [2.05, 4.69) is 20.5 Å². The molecule has 104 valence electrons. The summed E-state index contributed by atoms with van der Waals surface area (Å²) in [5.41, 5.74) is 0.514. The highest BCUT2D eigenvalue weighted by atomic mass is 16.6. The van der Waals surface area contributed by atoms with Gasteiger partial charge in [0.2, 0.25) is 0 Å². The Bertz CT molecular complexity index is 612. The maximum absolute atomic E-state index is 12.2. The summed E-state index contributed by atoms with van der Waals surface area (Å²) in [6.45, 7) is 2.85. The van der Waals surface area contributed by atoms with Gasteiger partial charge in [-0.25, -0.2) is 4.98 Å². The van der Waals surface area contributed by atoms with Gasteiger partial charge in [-0.3, -0.25) is 9.89 Å². The zero-order valence-electron chi connectivity index (χ0n) is 10.9. The molecule has 3 rings (SSSR count). The van der Waals surface area contributed by atoms with E-state index < -0.39 is 0 Å².